The van der Waals surface area contributed by atoms with Crippen molar-refractivity contribution in [2.45, 2.75) is 24.2 Å². The maximum absolute atomic E-state index is 12.9. The van der Waals surface area contributed by atoms with Crippen LogP contribution in [0.25, 0.3) is 0 Å². The third-order valence-electron chi connectivity index (χ3n) is 4.92. The van der Waals surface area contributed by atoms with Crippen LogP contribution in [-0.2, 0) is 19.6 Å². The molecule has 1 aromatic carbocycles. The van der Waals surface area contributed by atoms with E-state index in [9.17, 15) is 13.2 Å². The third kappa shape index (κ3) is 4.72. The SMILES string of the molecule is COc1ccc(S(=O)(=O)N2CCCCC2)cc1NCC(=O)N1CCOCC1. The number of piperidine rings is 1. The molecule has 2 fully saturated rings. The first-order valence-corrected chi connectivity index (χ1v) is 10.7. The molecule has 2 saturated heterocycles. The van der Waals surface area contributed by atoms with Crippen molar-refractivity contribution >= 4 is 21.6 Å². The Morgan fingerprint density at radius 2 is 1.85 bits per heavy atom. The zero-order valence-corrected chi connectivity index (χ0v) is 16.5. The highest BCUT2D eigenvalue weighted by atomic mass is 32.2. The molecule has 0 radical (unpaired) electrons. The summed E-state index contributed by atoms with van der Waals surface area (Å²) in [6, 6.07) is 4.73. The lowest BCUT2D eigenvalue weighted by molar-refractivity contribution is -0.133. The summed E-state index contributed by atoms with van der Waals surface area (Å²) in [4.78, 5) is 14.3. The number of morpholine rings is 1. The molecule has 0 bridgehead atoms. The van der Waals surface area contributed by atoms with E-state index in [4.69, 9.17) is 9.47 Å². The fourth-order valence-corrected chi connectivity index (χ4v) is 4.88. The van der Waals surface area contributed by atoms with Gasteiger partial charge in [0.15, 0.2) is 0 Å². The van der Waals surface area contributed by atoms with E-state index in [1.54, 1.807) is 23.1 Å². The van der Waals surface area contributed by atoms with Gasteiger partial charge in [-0.1, -0.05) is 6.42 Å². The van der Waals surface area contributed by atoms with Crippen molar-refractivity contribution in [1.29, 1.82) is 0 Å². The Morgan fingerprint density at radius 3 is 2.52 bits per heavy atom. The number of hydrogen-bond donors (Lipinski definition) is 1. The Labute approximate surface area is 160 Å². The minimum Gasteiger partial charge on any atom is -0.495 e. The molecule has 0 saturated carbocycles. The highest BCUT2D eigenvalue weighted by Gasteiger charge is 2.27. The van der Waals surface area contributed by atoms with Gasteiger partial charge in [0.05, 0.1) is 37.5 Å². The number of hydrogen-bond acceptors (Lipinski definition) is 6. The van der Waals surface area contributed by atoms with Gasteiger partial charge in [0, 0.05) is 26.2 Å². The zero-order valence-electron chi connectivity index (χ0n) is 15.6. The van der Waals surface area contributed by atoms with Gasteiger partial charge in [-0.25, -0.2) is 8.42 Å². The average Bonchev–Trinajstić information content (AvgIpc) is 2.73. The highest BCUT2D eigenvalue weighted by molar-refractivity contribution is 7.89. The van der Waals surface area contributed by atoms with E-state index < -0.39 is 10.0 Å². The molecule has 0 aliphatic carbocycles. The highest BCUT2D eigenvalue weighted by Crippen LogP contribution is 2.29. The number of benzene rings is 1. The topological polar surface area (TPSA) is 88.2 Å². The number of sulfonamides is 1. The van der Waals surface area contributed by atoms with Crippen molar-refractivity contribution in [1.82, 2.24) is 9.21 Å². The van der Waals surface area contributed by atoms with Crippen LogP contribution in [0.2, 0.25) is 0 Å². The molecule has 27 heavy (non-hydrogen) atoms. The summed E-state index contributed by atoms with van der Waals surface area (Å²) >= 11 is 0. The normalized spacial score (nSPS) is 18.9. The van der Waals surface area contributed by atoms with Gasteiger partial charge in [-0.15, -0.1) is 0 Å². The molecule has 0 atom stereocenters. The van der Waals surface area contributed by atoms with Crippen LogP contribution in [0, 0.1) is 0 Å². The van der Waals surface area contributed by atoms with Gasteiger partial charge < -0.3 is 19.7 Å². The van der Waals surface area contributed by atoms with Gasteiger partial charge in [0.1, 0.15) is 5.75 Å². The molecule has 3 rings (SSSR count). The second kappa shape index (κ2) is 8.90. The summed E-state index contributed by atoms with van der Waals surface area (Å²) in [7, 11) is -2.03. The first kappa shape index (κ1) is 19.9. The Bertz CT molecular complexity index is 756. The number of nitrogens with one attached hydrogen (secondary N) is 1. The summed E-state index contributed by atoms with van der Waals surface area (Å²) < 4.78 is 37.9. The number of carbonyl (C=O) groups is 1. The Balaban J connectivity index is 1.74. The number of ether oxygens (including phenoxy) is 2. The van der Waals surface area contributed by atoms with Gasteiger partial charge in [-0.05, 0) is 31.0 Å². The van der Waals surface area contributed by atoms with Gasteiger partial charge in [0.25, 0.3) is 0 Å². The fourth-order valence-electron chi connectivity index (χ4n) is 3.34. The maximum atomic E-state index is 12.9. The van der Waals surface area contributed by atoms with Gasteiger partial charge in [-0.3, -0.25) is 4.79 Å². The number of rotatable bonds is 6. The van der Waals surface area contributed by atoms with E-state index in [1.807, 2.05) is 0 Å². The second-order valence-electron chi connectivity index (χ2n) is 6.67. The van der Waals surface area contributed by atoms with Crippen LogP contribution in [0.4, 0.5) is 5.69 Å². The summed E-state index contributed by atoms with van der Waals surface area (Å²) in [5, 5.41) is 3.04. The molecule has 0 spiro atoms. The van der Waals surface area contributed by atoms with Crippen LogP contribution >= 0.6 is 0 Å². The molecule has 9 heteroatoms. The molecule has 1 amide bonds. The number of amides is 1. The molecular weight excluding hydrogens is 370 g/mol. The van der Waals surface area contributed by atoms with E-state index in [2.05, 4.69) is 5.32 Å². The van der Waals surface area contributed by atoms with Gasteiger partial charge in [0.2, 0.25) is 15.9 Å². The van der Waals surface area contributed by atoms with Crippen LogP contribution in [0.3, 0.4) is 0 Å². The molecule has 1 N–H and O–H groups in total. The van der Waals surface area contributed by atoms with Crippen molar-refractivity contribution < 1.29 is 22.7 Å². The van der Waals surface area contributed by atoms with Crippen LogP contribution in [-0.4, -0.2) is 76.6 Å². The second-order valence-corrected chi connectivity index (χ2v) is 8.61. The monoisotopic (exact) mass is 397 g/mol. The first-order chi connectivity index (χ1) is 13.0. The summed E-state index contributed by atoms with van der Waals surface area (Å²) in [5.74, 6) is 0.451. The number of nitrogens with zero attached hydrogens (tertiary/aromatic N) is 2. The molecule has 150 valence electrons. The standard InChI is InChI=1S/C18H27N3O5S/c1-25-17-6-5-15(27(23,24)21-7-3-2-4-8-21)13-16(17)19-14-18(22)20-9-11-26-12-10-20/h5-6,13,19H,2-4,7-12,14H2,1H3. The summed E-state index contributed by atoms with van der Waals surface area (Å²) in [6.45, 7) is 3.39. The minimum atomic E-state index is -3.54. The van der Waals surface area contributed by atoms with Crippen molar-refractivity contribution in [3.8, 4) is 5.75 Å². The quantitative estimate of drug-likeness (QED) is 0.775. The van der Waals surface area contributed by atoms with Crippen molar-refractivity contribution in [2.75, 3.05) is 58.4 Å². The lowest BCUT2D eigenvalue weighted by atomic mass is 10.2. The van der Waals surface area contributed by atoms with E-state index in [-0.39, 0.29) is 17.3 Å². The van der Waals surface area contributed by atoms with Crippen molar-refractivity contribution in [3.63, 3.8) is 0 Å². The molecule has 1 aromatic rings. The van der Waals surface area contributed by atoms with E-state index >= 15 is 0 Å². The molecule has 2 aliphatic rings. The largest absolute Gasteiger partial charge is 0.495 e. The fraction of sp³-hybridized carbons (Fsp3) is 0.611. The average molecular weight is 397 g/mol. The van der Waals surface area contributed by atoms with E-state index in [1.165, 1.54) is 11.4 Å². The summed E-state index contributed by atoms with van der Waals surface area (Å²) in [5.41, 5.74) is 0.497. The van der Waals surface area contributed by atoms with Crippen molar-refractivity contribution in [3.05, 3.63) is 18.2 Å². The maximum Gasteiger partial charge on any atom is 0.243 e. The first-order valence-electron chi connectivity index (χ1n) is 9.30. The Hall–Kier alpha value is -1.84. The van der Waals surface area contributed by atoms with Crippen LogP contribution in [0.15, 0.2) is 23.1 Å². The smallest absolute Gasteiger partial charge is 0.243 e. The van der Waals surface area contributed by atoms with Crippen LogP contribution in [0.5, 0.6) is 5.75 Å². The zero-order chi connectivity index (χ0) is 19.3. The van der Waals surface area contributed by atoms with Crippen LogP contribution < -0.4 is 10.1 Å². The van der Waals surface area contributed by atoms with Crippen molar-refractivity contribution in [2.24, 2.45) is 0 Å². The Kier molecular flexibility index (Phi) is 6.56. The lowest BCUT2D eigenvalue weighted by Crippen LogP contribution is -2.43. The molecule has 8 nitrogen and oxygen atoms in total. The number of anilines is 1. The third-order valence-corrected chi connectivity index (χ3v) is 6.81. The molecular formula is C18H27N3O5S. The van der Waals surface area contributed by atoms with Gasteiger partial charge >= 0.3 is 0 Å². The predicted molar refractivity (Wildman–Crippen MR) is 101 cm³/mol. The number of methoxy groups -OCH3 is 1. The minimum absolute atomic E-state index is 0.0513. The van der Waals surface area contributed by atoms with E-state index in [0.717, 1.165) is 19.3 Å². The summed E-state index contributed by atoms with van der Waals surface area (Å²) in [6.07, 6.45) is 2.83. The lowest BCUT2D eigenvalue weighted by Gasteiger charge is -2.27. The van der Waals surface area contributed by atoms with E-state index in [0.29, 0.717) is 50.8 Å². The molecule has 0 unspecified atom stereocenters. The Morgan fingerprint density at radius 1 is 1.15 bits per heavy atom. The van der Waals surface area contributed by atoms with Crippen LogP contribution in [0.1, 0.15) is 19.3 Å². The number of carbonyl (C=O) groups excluding carboxylic acids is 1. The molecule has 2 heterocycles. The predicted octanol–water partition coefficient (Wildman–Crippen LogP) is 1.14. The molecule has 2 aliphatic heterocycles. The van der Waals surface area contributed by atoms with Gasteiger partial charge in [-0.2, -0.15) is 4.31 Å². The molecule has 0 aromatic heterocycles.